The summed E-state index contributed by atoms with van der Waals surface area (Å²) in [5, 5.41) is 8.58. The Morgan fingerprint density at radius 2 is 1.67 bits per heavy atom. The zero-order chi connectivity index (χ0) is 14.9. The second kappa shape index (κ2) is 7.93. The van der Waals surface area contributed by atoms with Gasteiger partial charge in [0, 0.05) is 6.07 Å². The van der Waals surface area contributed by atoms with Gasteiger partial charge in [-0.1, -0.05) is 30.0 Å². The molecule has 0 saturated carbocycles. The fourth-order valence-corrected chi connectivity index (χ4v) is 1.66. The minimum Gasteiger partial charge on any atom is -0.490 e. The fourth-order valence-electron chi connectivity index (χ4n) is 1.66. The summed E-state index contributed by atoms with van der Waals surface area (Å²) in [6.45, 7) is 0.391. The molecule has 3 nitrogen and oxygen atoms in total. The van der Waals surface area contributed by atoms with Crippen molar-refractivity contribution in [1.29, 1.82) is 0 Å². The number of hydrogen-bond acceptors (Lipinski definition) is 3. The summed E-state index contributed by atoms with van der Waals surface area (Å²) in [6.07, 6.45) is 0. The first-order valence-corrected chi connectivity index (χ1v) is 6.49. The Morgan fingerprint density at radius 1 is 0.952 bits per heavy atom. The van der Waals surface area contributed by atoms with Crippen LogP contribution in [0.15, 0.2) is 48.5 Å². The molecular weight excluding hydrogens is 271 g/mol. The van der Waals surface area contributed by atoms with E-state index >= 15 is 0 Å². The van der Waals surface area contributed by atoms with Crippen molar-refractivity contribution in [2.45, 2.75) is 0 Å². The summed E-state index contributed by atoms with van der Waals surface area (Å²) in [5.41, 5.74) is 0.233. The molecule has 0 aromatic heterocycles. The molecule has 2 aromatic rings. The first-order chi connectivity index (χ1) is 10.3. The van der Waals surface area contributed by atoms with Crippen molar-refractivity contribution in [2.75, 3.05) is 19.8 Å². The van der Waals surface area contributed by atoms with Gasteiger partial charge in [-0.3, -0.25) is 0 Å². The smallest absolute Gasteiger partial charge is 0.142 e. The topological polar surface area (TPSA) is 38.7 Å². The van der Waals surface area contributed by atoms with E-state index in [4.69, 9.17) is 14.6 Å². The van der Waals surface area contributed by atoms with E-state index in [1.807, 2.05) is 30.3 Å². The van der Waals surface area contributed by atoms with Gasteiger partial charge >= 0.3 is 0 Å². The molecule has 0 aliphatic heterocycles. The standard InChI is InChI=1S/C17H15FO3/c18-17-13-16(9-8-14(17)5-4-10-19)21-12-11-20-15-6-2-1-3-7-15/h1-3,6-9,13,19H,10-12H2. The average Bonchev–Trinajstić information content (AvgIpc) is 2.52. The molecule has 0 bridgehead atoms. The minimum atomic E-state index is -0.475. The normalized spacial score (nSPS) is 9.62. The summed E-state index contributed by atoms with van der Waals surface area (Å²) in [6, 6.07) is 13.8. The van der Waals surface area contributed by atoms with Gasteiger partial charge in [0.1, 0.15) is 37.1 Å². The summed E-state index contributed by atoms with van der Waals surface area (Å²) in [5.74, 6) is 5.63. The van der Waals surface area contributed by atoms with Crippen LogP contribution in [0.2, 0.25) is 0 Å². The van der Waals surface area contributed by atoms with Gasteiger partial charge in [-0.05, 0) is 24.3 Å². The number of benzene rings is 2. The Labute approximate surface area is 122 Å². The van der Waals surface area contributed by atoms with E-state index in [9.17, 15) is 4.39 Å². The van der Waals surface area contributed by atoms with E-state index in [0.29, 0.717) is 19.0 Å². The van der Waals surface area contributed by atoms with E-state index < -0.39 is 5.82 Å². The van der Waals surface area contributed by atoms with Crippen LogP contribution >= 0.6 is 0 Å². The fraction of sp³-hybridized carbons (Fsp3) is 0.176. The Kier molecular flexibility index (Phi) is 5.62. The lowest BCUT2D eigenvalue weighted by Gasteiger charge is -2.08. The number of hydrogen-bond donors (Lipinski definition) is 1. The zero-order valence-electron chi connectivity index (χ0n) is 11.4. The monoisotopic (exact) mass is 286 g/mol. The number of aliphatic hydroxyl groups excluding tert-OH is 1. The van der Waals surface area contributed by atoms with Crippen LogP contribution in [0.3, 0.4) is 0 Å². The van der Waals surface area contributed by atoms with Crippen molar-refractivity contribution < 1.29 is 19.0 Å². The Balaban J connectivity index is 1.82. The van der Waals surface area contributed by atoms with Crippen LogP contribution in [-0.4, -0.2) is 24.9 Å². The molecule has 0 spiro atoms. The predicted octanol–water partition coefficient (Wildman–Crippen LogP) is 2.63. The van der Waals surface area contributed by atoms with Crippen molar-refractivity contribution in [3.8, 4) is 23.3 Å². The molecule has 4 heteroatoms. The first kappa shape index (κ1) is 14.9. The molecule has 0 amide bonds. The maximum Gasteiger partial charge on any atom is 0.142 e. The Bertz CT molecular complexity index is 629. The van der Waals surface area contributed by atoms with Crippen LogP contribution in [-0.2, 0) is 0 Å². The SMILES string of the molecule is OCC#Cc1ccc(OCCOc2ccccc2)cc1F. The van der Waals surface area contributed by atoms with Gasteiger partial charge in [-0.2, -0.15) is 0 Å². The van der Waals surface area contributed by atoms with Gasteiger partial charge in [0.2, 0.25) is 0 Å². The molecular formula is C17H15FO3. The van der Waals surface area contributed by atoms with Gasteiger partial charge in [0.25, 0.3) is 0 Å². The molecule has 21 heavy (non-hydrogen) atoms. The van der Waals surface area contributed by atoms with Crippen molar-refractivity contribution in [3.05, 3.63) is 59.9 Å². The molecule has 0 atom stereocenters. The second-order valence-electron chi connectivity index (χ2n) is 4.11. The van der Waals surface area contributed by atoms with Gasteiger partial charge in [-0.25, -0.2) is 4.39 Å². The van der Waals surface area contributed by atoms with Gasteiger partial charge in [0.05, 0.1) is 5.56 Å². The van der Waals surface area contributed by atoms with E-state index in [-0.39, 0.29) is 12.2 Å². The highest BCUT2D eigenvalue weighted by Crippen LogP contribution is 2.16. The third-order valence-corrected chi connectivity index (χ3v) is 2.61. The minimum absolute atomic E-state index is 0.233. The zero-order valence-corrected chi connectivity index (χ0v) is 11.4. The van der Waals surface area contributed by atoms with Crippen molar-refractivity contribution in [3.63, 3.8) is 0 Å². The summed E-state index contributed by atoms with van der Waals surface area (Å²) in [4.78, 5) is 0. The number of halogens is 1. The summed E-state index contributed by atoms with van der Waals surface area (Å²) in [7, 11) is 0. The van der Waals surface area contributed by atoms with Gasteiger partial charge in [0.15, 0.2) is 0 Å². The third kappa shape index (κ3) is 4.83. The number of aliphatic hydroxyl groups is 1. The quantitative estimate of drug-likeness (QED) is 0.678. The molecule has 0 saturated heterocycles. The Hall–Kier alpha value is -2.51. The number of rotatable bonds is 5. The van der Waals surface area contributed by atoms with Gasteiger partial charge in [-0.15, -0.1) is 0 Å². The van der Waals surface area contributed by atoms with Gasteiger partial charge < -0.3 is 14.6 Å². The maximum atomic E-state index is 13.7. The highest BCUT2D eigenvalue weighted by atomic mass is 19.1. The molecule has 2 aromatic carbocycles. The van der Waals surface area contributed by atoms with Crippen molar-refractivity contribution >= 4 is 0 Å². The third-order valence-electron chi connectivity index (χ3n) is 2.61. The highest BCUT2D eigenvalue weighted by molar-refractivity contribution is 5.39. The van der Waals surface area contributed by atoms with Crippen molar-refractivity contribution in [1.82, 2.24) is 0 Å². The van der Waals surface area contributed by atoms with Crippen LogP contribution in [0, 0.1) is 17.7 Å². The number of ether oxygens (including phenoxy) is 2. The van der Waals surface area contributed by atoms with Crippen LogP contribution in [0.1, 0.15) is 5.56 Å². The maximum absolute atomic E-state index is 13.7. The van der Waals surface area contributed by atoms with Crippen LogP contribution in [0.5, 0.6) is 11.5 Å². The van der Waals surface area contributed by atoms with E-state index in [1.165, 1.54) is 12.1 Å². The average molecular weight is 286 g/mol. The molecule has 0 fully saturated rings. The molecule has 108 valence electrons. The van der Waals surface area contributed by atoms with Crippen LogP contribution < -0.4 is 9.47 Å². The Morgan fingerprint density at radius 3 is 2.33 bits per heavy atom. The molecule has 0 heterocycles. The van der Waals surface area contributed by atoms with Crippen LogP contribution in [0.25, 0.3) is 0 Å². The summed E-state index contributed by atoms with van der Waals surface area (Å²) < 4.78 is 24.5. The van der Waals surface area contributed by atoms with Crippen molar-refractivity contribution in [2.24, 2.45) is 0 Å². The first-order valence-electron chi connectivity index (χ1n) is 6.49. The van der Waals surface area contributed by atoms with E-state index in [1.54, 1.807) is 6.07 Å². The molecule has 0 aliphatic rings. The lowest BCUT2D eigenvalue weighted by atomic mass is 10.2. The lowest BCUT2D eigenvalue weighted by molar-refractivity contribution is 0.216. The predicted molar refractivity (Wildman–Crippen MR) is 77.8 cm³/mol. The van der Waals surface area contributed by atoms with E-state index in [0.717, 1.165) is 5.75 Å². The molecule has 1 N–H and O–H groups in total. The number of para-hydroxylation sites is 1. The van der Waals surface area contributed by atoms with E-state index in [2.05, 4.69) is 11.8 Å². The molecule has 0 aliphatic carbocycles. The second-order valence-corrected chi connectivity index (χ2v) is 4.11. The molecule has 2 rings (SSSR count). The molecule has 0 unspecified atom stereocenters. The largest absolute Gasteiger partial charge is 0.490 e. The molecule has 0 radical (unpaired) electrons. The highest BCUT2D eigenvalue weighted by Gasteiger charge is 2.02. The summed E-state index contributed by atoms with van der Waals surface area (Å²) >= 11 is 0. The lowest BCUT2D eigenvalue weighted by Crippen LogP contribution is -2.09. The van der Waals surface area contributed by atoms with Crippen LogP contribution in [0.4, 0.5) is 4.39 Å².